The quantitative estimate of drug-likeness (QED) is 0.540. The van der Waals surface area contributed by atoms with Crippen molar-refractivity contribution in [2.75, 3.05) is 18.5 Å². The molecular formula is C19H19ClN8O. The molecule has 0 aromatic carbocycles. The van der Waals surface area contributed by atoms with E-state index < -0.39 is 0 Å². The van der Waals surface area contributed by atoms with Gasteiger partial charge in [0.15, 0.2) is 11.5 Å². The predicted molar refractivity (Wildman–Crippen MR) is 109 cm³/mol. The molecule has 1 aliphatic heterocycles. The van der Waals surface area contributed by atoms with Crippen LogP contribution in [0.25, 0.3) is 28.1 Å². The summed E-state index contributed by atoms with van der Waals surface area (Å²) in [5, 5.41) is 17.9. The van der Waals surface area contributed by atoms with Gasteiger partial charge in [0.05, 0.1) is 30.6 Å². The SMILES string of the molecule is CC(C)Nc1cc(-n2ncc3cc(Cl)cnc32)ncc1-c1cn(C2COC2)nn1. The van der Waals surface area contributed by atoms with Crippen molar-refractivity contribution in [2.45, 2.75) is 25.9 Å². The molecule has 5 rings (SSSR count). The highest BCUT2D eigenvalue weighted by Crippen LogP contribution is 2.30. The second-order valence-corrected chi connectivity index (χ2v) is 7.72. The summed E-state index contributed by atoms with van der Waals surface area (Å²) in [6.07, 6.45) is 7.05. The molecule has 1 aliphatic rings. The number of nitrogens with one attached hydrogen (secondary N) is 1. The van der Waals surface area contributed by atoms with E-state index in [1.54, 1.807) is 23.3 Å². The van der Waals surface area contributed by atoms with Crippen LogP contribution in [0.15, 0.2) is 36.9 Å². The average molecular weight is 411 g/mol. The van der Waals surface area contributed by atoms with Gasteiger partial charge in [-0.3, -0.25) is 0 Å². The minimum atomic E-state index is 0.227. The summed E-state index contributed by atoms with van der Waals surface area (Å²) in [4.78, 5) is 9.01. The summed E-state index contributed by atoms with van der Waals surface area (Å²) >= 11 is 6.04. The highest BCUT2D eigenvalue weighted by Gasteiger charge is 2.23. The van der Waals surface area contributed by atoms with Gasteiger partial charge in [-0.1, -0.05) is 16.8 Å². The minimum absolute atomic E-state index is 0.227. The zero-order valence-corrected chi connectivity index (χ0v) is 16.7. The van der Waals surface area contributed by atoms with Crippen molar-refractivity contribution in [2.24, 2.45) is 0 Å². The van der Waals surface area contributed by atoms with Crippen molar-refractivity contribution in [1.29, 1.82) is 0 Å². The van der Waals surface area contributed by atoms with Gasteiger partial charge in [0.25, 0.3) is 0 Å². The van der Waals surface area contributed by atoms with Crippen LogP contribution in [0.5, 0.6) is 0 Å². The van der Waals surface area contributed by atoms with Crippen LogP contribution < -0.4 is 5.32 Å². The maximum Gasteiger partial charge on any atom is 0.164 e. The first kappa shape index (κ1) is 18.0. The Kier molecular flexibility index (Phi) is 4.40. The number of pyridine rings is 2. The molecule has 0 spiro atoms. The van der Waals surface area contributed by atoms with Gasteiger partial charge in [0.1, 0.15) is 11.7 Å². The van der Waals surface area contributed by atoms with Crippen molar-refractivity contribution in [3.8, 4) is 17.1 Å². The van der Waals surface area contributed by atoms with Crippen LogP contribution in [0.1, 0.15) is 19.9 Å². The molecule has 0 aliphatic carbocycles. The van der Waals surface area contributed by atoms with Gasteiger partial charge >= 0.3 is 0 Å². The second kappa shape index (κ2) is 7.09. The summed E-state index contributed by atoms with van der Waals surface area (Å²) in [7, 11) is 0. The van der Waals surface area contributed by atoms with Gasteiger partial charge < -0.3 is 10.1 Å². The molecule has 0 atom stereocenters. The topological polar surface area (TPSA) is 95.6 Å². The Hall–Kier alpha value is -3.04. The lowest BCUT2D eigenvalue weighted by atomic mass is 10.1. The highest BCUT2D eigenvalue weighted by molar-refractivity contribution is 6.31. The maximum absolute atomic E-state index is 6.04. The fourth-order valence-electron chi connectivity index (χ4n) is 3.21. The van der Waals surface area contributed by atoms with E-state index in [1.165, 1.54) is 0 Å². The molecule has 9 nitrogen and oxygen atoms in total. The van der Waals surface area contributed by atoms with Crippen molar-refractivity contribution in [3.05, 3.63) is 41.9 Å². The molecule has 10 heteroatoms. The Labute approximate surface area is 171 Å². The van der Waals surface area contributed by atoms with E-state index in [1.807, 2.05) is 23.0 Å². The second-order valence-electron chi connectivity index (χ2n) is 7.28. The molecular weight excluding hydrogens is 392 g/mol. The summed E-state index contributed by atoms with van der Waals surface area (Å²) in [5.41, 5.74) is 3.23. The minimum Gasteiger partial charge on any atom is -0.382 e. The van der Waals surface area contributed by atoms with Crippen LogP contribution in [-0.4, -0.2) is 54.0 Å². The number of nitrogens with zero attached hydrogens (tertiary/aromatic N) is 7. The Morgan fingerprint density at radius 1 is 1.17 bits per heavy atom. The first-order chi connectivity index (χ1) is 14.1. The van der Waals surface area contributed by atoms with Crippen molar-refractivity contribution in [1.82, 2.24) is 34.7 Å². The monoisotopic (exact) mass is 410 g/mol. The van der Waals surface area contributed by atoms with Crippen LogP contribution in [0.4, 0.5) is 5.69 Å². The van der Waals surface area contributed by atoms with Crippen LogP contribution in [0.2, 0.25) is 5.02 Å². The third-order valence-electron chi connectivity index (χ3n) is 4.71. The molecule has 1 N–H and O–H groups in total. The molecule has 0 amide bonds. The molecule has 29 heavy (non-hydrogen) atoms. The fourth-order valence-corrected chi connectivity index (χ4v) is 3.38. The van der Waals surface area contributed by atoms with Gasteiger partial charge in [-0.25, -0.2) is 14.6 Å². The summed E-state index contributed by atoms with van der Waals surface area (Å²) < 4.78 is 8.79. The van der Waals surface area contributed by atoms with Crippen LogP contribution in [-0.2, 0) is 4.74 Å². The Bertz CT molecular complexity index is 1180. The third-order valence-corrected chi connectivity index (χ3v) is 4.91. The van der Waals surface area contributed by atoms with E-state index in [0.29, 0.717) is 29.7 Å². The number of anilines is 1. The average Bonchev–Trinajstić information content (AvgIpc) is 3.26. The molecule has 1 fully saturated rings. The smallest absolute Gasteiger partial charge is 0.164 e. The molecule has 5 heterocycles. The fraction of sp³-hybridized carbons (Fsp3) is 0.316. The van der Waals surface area contributed by atoms with Gasteiger partial charge in [0, 0.05) is 41.1 Å². The standard InChI is InChI=1S/C19H19ClN8O/c1-11(2)24-16-4-18(28-19-12(5-23-28)3-13(20)6-22-19)21-7-15(16)17-8-27(26-25-17)14-9-29-10-14/h3-8,11,14H,9-10H2,1-2H3,(H,21,24). The molecule has 4 aromatic heterocycles. The van der Waals surface area contributed by atoms with Crippen LogP contribution in [0.3, 0.4) is 0 Å². The zero-order chi connectivity index (χ0) is 20.0. The Morgan fingerprint density at radius 3 is 2.79 bits per heavy atom. The Morgan fingerprint density at radius 2 is 2.03 bits per heavy atom. The van der Waals surface area contributed by atoms with Crippen molar-refractivity contribution in [3.63, 3.8) is 0 Å². The zero-order valence-electron chi connectivity index (χ0n) is 15.9. The first-order valence-electron chi connectivity index (χ1n) is 9.34. The largest absolute Gasteiger partial charge is 0.382 e. The molecule has 0 unspecified atom stereocenters. The first-order valence-corrected chi connectivity index (χ1v) is 9.72. The van der Waals surface area contributed by atoms with Gasteiger partial charge in [0.2, 0.25) is 0 Å². The molecule has 148 valence electrons. The van der Waals surface area contributed by atoms with E-state index in [2.05, 4.69) is 44.5 Å². The Balaban J connectivity index is 1.57. The van der Waals surface area contributed by atoms with Crippen molar-refractivity contribution >= 4 is 28.3 Å². The number of aromatic nitrogens is 7. The molecule has 0 bridgehead atoms. The lowest BCUT2D eigenvalue weighted by Gasteiger charge is -2.25. The lowest BCUT2D eigenvalue weighted by Crippen LogP contribution is -2.30. The highest BCUT2D eigenvalue weighted by atomic mass is 35.5. The van der Waals surface area contributed by atoms with E-state index in [-0.39, 0.29) is 12.1 Å². The number of hydrogen-bond donors (Lipinski definition) is 1. The van der Waals surface area contributed by atoms with Crippen molar-refractivity contribution < 1.29 is 4.74 Å². The van der Waals surface area contributed by atoms with Gasteiger partial charge in [-0.05, 0) is 19.9 Å². The summed E-state index contributed by atoms with van der Waals surface area (Å²) in [5.74, 6) is 0.654. The number of halogens is 1. The third kappa shape index (κ3) is 3.32. The van der Waals surface area contributed by atoms with E-state index in [9.17, 15) is 0 Å². The number of hydrogen-bond acceptors (Lipinski definition) is 7. The summed E-state index contributed by atoms with van der Waals surface area (Å²) in [6, 6.07) is 4.25. The molecule has 4 aromatic rings. The summed E-state index contributed by atoms with van der Waals surface area (Å²) in [6.45, 7) is 5.50. The molecule has 0 radical (unpaired) electrons. The van der Waals surface area contributed by atoms with Crippen LogP contribution >= 0.6 is 11.6 Å². The van der Waals surface area contributed by atoms with Crippen LogP contribution in [0, 0.1) is 0 Å². The van der Waals surface area contributed by atoms with E-state index >= 15 is 0 Å². The number of ether oxygens (including phenoxy) is 1. The maximum atomic E-state index is 6.04. The lowest BCUT2D eigenvalue weighted by molar-refractivity contribution is -0.0293. The van der Waals surface area contributed by atoms with E-state index in [0.717, 1.165) is 22.3 Å². The van der Waals surface area contributed by atoms with E-state index in [4.69, 9.17) is 16.3 Å². The number of rotatable bonds is 5. The van der Waals surface area contributed by atoms with Gasteiger partial charge in [-0.2, -0.15) is 9.78 Å². The molecule has 0 saturated carbocycles. The van der Waals surface area contributed by atoms with Gasteiger partial charge in [-0.15, -0.1) is 5.10 Å². The normalized spacial score (nSPS) is 14.5. The molecule has 1 saturated heterocycles. The number of fused-ring (bicyclic) bond motifs is 1. The predicted octanol–water partition coefficient (Wildman–Crippen LogP) is 3.12.